The van der Waals surface area contributed by atoms with Crippen LogP contribution in [-0.2, 0) is 0 Å². The van der Waals surface area contributed by atoms with Gasteiger partial charge in [-0.05, 0) is 25.1 Å². The number of rotatable bonds is 3. The number of anilines is 1. The summed E-state index contributed by atoms with van der Waals surface area (Å²) in [5.41, 5.74) is 2.15. The predicted octanol–water partition coefficient (Wildman–Crippen LogP) is 3.99. The zero-order valence-electron chi connectivity index (χ0n) is 14.0. The highest BCUT2D eigenvalue weighted by atomic mass is 19.1. The molecule has 0 aliphatic carbocycles. The average molecular weight is 343 g/mol. The van der Waals surface area contributed by atoms with Crippen molar-refractivity contribution in [2.24, 2.45) is 0 Å². The van der Waals surface area contributed by atoms with Gasteiger partial charge in [-0.25, -0.2) is 8.78 Å². The number of piperazine rings is 1. The molecule has 0 saturated carbocycles. The van der Waals surface area contributed by atoms with Crippen LogP contribution in [0, 0.1) is 11.6 Å². The van der Waals surface area contributed by atoms with Gasteiger partial charge in [0, 0.05) is 43.9 Å². The normalized spacial score (nSPS) is 17.2. The molecule has 0 N–H and O–H groups in total. The molecule has 2 heterocycles. The van der Waals surface area contributed by atoms with Gasteiger partial charge in [0.25, 0.3) is 6.01 Å². The smallest absolute Gasteiger partial charge is 0.298 e. The van der Waals surface area contributed by atoms with Crippen LogP contribution in [0.5, 0.6) is 0 Å². The van der Waals surface area contributed by atoms with Gasteiger partial charge < -0.3 is 9.32 Å². The van der Waals surface area contributed by atoms with Crippen LogP contribution < -0.4 is 4.90 Å². The number of benzene rings is 2. The molecule has 0 bridgehead atoms. The van der Waals surface area contributed by atoms with Gasteiger partial charge in [0.05, 0.1) is 0 Å². The lowest BCUT2D eigenvalue weighted by molar-refractivity contribution is 0.192. The van der Waals surface area contributed by atoms with Gasteiger partial charge in [0.2, 0.25) is 0 Å². The van der Waals surface area contributed by atoms with Crippen molar-refractivity contribution in [3.8, 4) is 0 Å². The third-order valence-electron chi connectivity index (χ3n) is 4.83. The second kappa shape index (κ2) is 6.44. The van der Waals surface area contributed by atoms with Crippen molar-refractivity contribution in [1.82, 2.24) is 9.88 Å². The number of hydrogen-bond donors (Lipinski definition) is 0. The number of fused-ring (bicyclic) bond motifs is 1. The Morgan fingerprint density at radius 3 is 2.52 bits per heavy atom. The van der Waals surface area contributed by atoms with E-state index in [4.69, 9.17) is 4.42 Å². The first-order chi connectivity index (χ1) is 12.1. The van der Waals surface area contributed by atoms with Crippen molar-refractivity contribution in [2.75, 3.05) is 31.1 Å². The van der Waals surface area contributed by atoms with Crippen molar-refractivity contribution in [3.05, 3.63) is 59.7 Å². The summed E-state index contributed by atoms with van der Waals surface area (Å²) in [5.74, 6) is -1.04. The Kier molecular flexibility index (Phi) is 4.13. The van der Waals surface area contributed by atoms with Crippen LogP contribution in [0.25, 0.3) is 11.1 Å². The van der Waals surface area contributed by atoms with E-state index in [2.05, 4.69) is 14.8 Å². The van der Waals surface area contributed by atoms with Crippen LogP contribution in [0.4, 0.5) is 14.8 Å². The maximum atomic E-state index is 14.0. The zero-order valence-corrected chi connectivity index (χ0v) is 14.0. The Morgan fingerprint density at radius 2 is 1.80 bits per heavy atom. The van der Waals surface area contributed by atoms with E-state index in [0.717, 1.165) is 43.3 Å². The van der Waals surface area contributed by atoms with Gasteiger partial charge in [-0.2, -0.15) is 4.98 Å². The summed E-state index contributed by atoms with van der Waals surface area (Å²) in [6, 6.07) is 12.0. The van der Waals surface area contributed by atoms with E-state index < -0.39 is 11.6 Å². The highest BCUT2D eigenvalue weighted by Crippen LogP contribution is 2.27. The second-order valence-corrected chi connectivity index (χ2v) is 6.33. The Labute approximate surface area is 144 Å². The van der Waals surface area contributed by atoms with Crippen molar-refractivity contribution in [1.29, 1.82) is 0 Å². The molecule has 130 valence electrons. The number of hydrogen-bond acceptors (Lipinski definition) is 4. The van der Waals surface area contributed by atoms with Crippen LogP contribution in [0.15, 0.2) is 46.9 Å². The monoisotopic (exact) mass is 343 g/mol. The van der Waals surface area contributed by atoms with Crippen molar-refractivity contribution >= 4 is 17.1 Å². The van der Waals surface area contributed by atoms with E-state index in [0.29, 0.717) is 11.6 Å². The third kappa shape index (κ3) is 3.09. The summed E-state index contributed by atoms with van der Waals surface area (Å²) in [7, 11) is 0. The minimum absolute atomic E-state index is 0.105. The first-order valence-corrected chi connectivity index (χ1v) is 8.41. The Hall–Kier alpha value is -2.47. The van der Waals surface area contributed by atoms with Gasteiger partial charge in [0.15, 0.2) is 5.58 Å². The Balaban J connectivity index is 1.45. The van der Waals surface area contributed by atoms with E-state index in [1.54, 1.807) is 0 Å². The molecule has 25 heavy (non-hydrogen) atoms. The van der Waals surface area contributed by atoms with Gasteiger partial charge >= 0.3 is 0 Å². The fourth-order valence-electron chi connectivity index (χ4n) is 3.33. The van der Waals surface area contributed by atoms with Crippen molar-refractivity contribution in [3.63, 3.8) is 0 Å². The van der Waals surface area contributed by atoms with Crippen LogP contribution in [-0.4, -0.2) is 36.1 Å². The fraction of sp³-hybridized carbons (Fsp3) is 0.316. The molecule has 0 radical (unpaired) electrons. The van der Waals surface area contributed by atoms with Crippen molar-refractivity contribution < 1.29 is 13.2 Å². The fourth-order valence-corrected chi connectivity index (χ4v) is 3.33. The molecule has 6 heteroatoms. The first-order valence-electron chi connectivity index (χ1n) is 8.41. The van der Waals surface area contributed by atoms with E-state index in [1.807, 2.05) is 31.2 Å². The highest BCUT2D eigenvalue weighted by molar-refractivity contribution is 5.74. The number of halogens is 2. The maximum Gasteiger partial charge on any atom is 0.298 e. The third-order valence-corrected chi connectivity index (χ3v) is 4.83. The molecule has 1 unspecified atom stereocenters. The van der Waals surface area contributed by atoms with Gasteiger partial charge in [-0.15, -0.1) is 0 Å². The molecule has 1 atom stereocenters. The number of oxazole rings is 1. The van der Waals surface area contributed by atoms with E-state index >= 15 is 0 Å². The average Bonchev–Trinajstić information content (AvgIpc) is 3.05. The van der Waals surface area contributed by atoms with Crippen LogP contribution in [0.2, 0.25) is 0 Å². The van der Waals surface area contributed by atoms with Gasteiger partial charge in [-0.3, -0.25) is 4.90 Å². The van der Waals surface area contributed by atoms with Gasteiger partial charge in [0.1, 0.15) is 17.2 Å². The largest absolute Gasteiger partial charge is 0.423 e. The molecule has 4 nitrogen and oxygen atoms in total. The molecule has 1 fully saturated rings. The summed E-state index contributed by atoms with van der Waals surface area (Å²) in [4.78, 5) is 8.82. The minimum atomic E-state index is -0.547. The van der Waals surface area contributed by atoms with E-state index in [1.165, 1.54) is 12.1 Å². The summed E-state index contributed by atoms with van der Waals surface area (Å²) in [6.45, 7) is 4.97. The number of nitrogens with zero attached hydrogens (tertiary/aromatic N) is 3. The van der Waals surface area contributed by atoms with Crippen LogP contribution in [0.1, 0.15) is 18.5 Å². The maximum absolute atomic E-state index is 14.0. The zero-order chi connectivity index (χ0) is 17.4. The molecule has 0 amide bonds. The van der Waals surface area contributed by atoms with Gasteiger partial charge in [-0.1, -0.05) is 18.2 Å². The van der Waals surface area contributed by atoms with E-state index in [-0.39, 0.29) is 6.04 Å². The molecule has 1 aliphatic heterocycles. The first kappa shape index (κ1) is 16.0. The van der Waals surface area contributed by atoms with Crippen molar-refractivity contribution in [2.45, 2.75) is 13.0 Å². The lowest BCUT2D eigenvalue weighted by atomic mass is 10.1. The minimum Gasteiger partial charge on any atom is -0.423 e. The number of aromatic nitrogens is 1. The predicted molar refractivity (Wildman–Crippen MR) is 92.6 cm³/mol. The lowest BCUT2D eigenvalue weighted by Gasteiger charge is -2.37. The summed E-state index contributed by atoms with van der Waals surface area (Å²) in [6.07, 6.45) is 0. The standard InChI is InChI=1S/C19H19F2N3O/c1-13(15-7-6-14(20)12-16(15)21)23-8-10-24(11-9-23)19-22-17-4-2-3-5-18(17)25-19/h2-7,12-13H,8-11H2,1H3. The Morgan fingerprint density at radius 1 is 1.04 bits per heavy atom. The second-order valence-electron chi connectivity index (χ2n) is 6.33. The SMILES string of the molecule is CC(c1ccc(F)cc1F)N1CCN(c2nc3ccccc3o2)CC1. The molecule has 1 aromatic heterocycles. The highest BCUT2D eigenvalue weighted by Gasteiger charge is 2.26. The van der Waals surface area contributed by atoms with Crippen LogP contribution >= 0.6 is 0 Å². The topological polar surface area (TPSA) is 32.5 Å². The molecule has 2 aromatic carbocycles. The number of para-hydroxylation sites is 2. The molecular formula is C19H19F2N3O. The molecule has 1 saturated heterocycles. The lowest BCUT2D eigenvalue weighted by Crippen LogP contribution is -2.47. The van der Waals surface area contributed by atoms with E-state index in [9.17, 15) is 8.78 Å². The molecule has 3 aromatic rings. The molecular weight excluding hydrogens is 324 g/mol. The summed E-state index contributed by atoms with van der Waals surface area (Å²) in [5, 5.41) is 0. The Bertz CT molecular complexity index is 854. The summed E-state index contributed by atoms with van der Waals surface area (Å²) >= 11 is 0. The summed E-state index contributed by atoms with van der Waals surface area (Å²) < 4.78 is 32.9. The molecule has 4 rings (SSSR count). The quantitative estimate of drug-likeness (QED) is 0.720. The molecule has 1 aliphatic rings. The molecule has 0 spiro atoms. The van der Waals surface area contributed by atoms with Crippen LogP contribution in [0.3, 0.4) is 0 Å².